The molecule has 12 rings (SSSR count). The van der Waals surface area contributed by atoms with Crippen LogP contribution in [0.25, 0.3) is 121 Å². The zero-order chi connectivity index (χ0) is 41.3. The van der Waals surface area contributed by atoms with Gasteiger partial charge in [-0.25, -0.2) is 19.9 Å². The fraction of sp³-hybridized carbons (Fsp3) is 0.0175. The van der Waals surface area contributed by atoms with Crippen molar-refractivity contribution in [1.29, 1.82) is 0 Å². The third-order valence-corrected chi connectivity index (χ3v) is 12.3. The van der Waals surface area contributed by atoms with Crippen molar-refractivity contribution in [1.82, 2.24) is 19.9 Å². The molecule has 0 fully saturated rings. The molecule has 0 aliphatic rings. The van der Waals surface area contributed by atoms with Crippen molar-refractivity contribution in [2.45, 2.75) is 6.92 Å². The number of allylic oxidation sites excluding steroid dienone is 5. The molecule has 0 aliphatic heterocycles. The highest BCUT2D eigenvalue weighted by atomic mass is 16.3. The highest BCUT2D eigenvalue weighted by Crippen LogP contribution is 2.42. The van der Waals surface area contributed by atoms with E-state index in [0.717, 1.165) is 82.4 Å². The summed E-state index contributed by atoms with van der Waals surface area (Å²) < 4.78 is 6.36. The molecule has 0 saturated carbocycles. The third-order valence-electron chi connectivity index (χ3n) is 12.3. The molecule has 0 atom stereocenters. The van der Waals surface area contributed by atoms with Crippen molar-refractivity contribution in [3.63, 3.8) is 0 Å². The lowest BCUT2D eigenvalue weighted by Gasteiger charge is -2.14. The van der Waals surface area contributed by atoms with Crippen LogP contribution in [0.2, 0.25) is 0 Å². The van der Waals surface area contributed by atoms with E-state index in [1.165, 1.54) is 26.9 Å². The van der Waals surface area contributed by atoms with Gasteiger partial charge in [0.15, 0.2) is 17.5 Å². The number of hydrogen-bond donors (Lipinski definition) is 0. The molecule has 12 aromatic rings. The van der Waals surface area contributed by atoms with Gasteiger partial charge in [-0.15, -0.1) is 0 Å². The molecule has 0 spiro atoms. The van der Waals surface area contributed by atoms with Gasteiger partial charge in [-0.05, 0) is 78.7 Å². The van der Waals surface area contributed by atoms with Crippen molar-refractivity contribution < 1.29 is 4.42 Å². The topological polar surface area (TPSA) is 64.7 Å². The predicted octanol–water partition coefficient (Wildman–Crippen LogP) is 15.0. The van der Waals surface area contributed by atoms with Crippen LogP contribution in [0.5, 0.6) is 0 Å². The highest BCUT2D eigenvalue weighted by Gasteiger charge is 2.20. The zero-order valence-corrected chi connectivity index (χ0v) is 33.8. The predicted molar refractivity (Wildman–Crippen MR) is 258 cm³/mol. The average Bonchev–Trinajstić information content (AvgIpc) is 3.72. The molecule has 0 radical (unpaired) electrons. The summed E-state index contributed by atoms with van der Waals surface area (Å²) >= 11 is 0. The molecule has 62 heavy (non-hydrogen) atoms. The number of furan rings is 1. The fourth-order valence-electron chi connectivity index (χ4n) is 9.31. The molecule has 0 bridgehead atoms. The number of hydrogen-bond acceptors (Lipinski definition) is 5. The maximum Gasteiger partial charge on any atom is 0.228 e. The minimum absolute atomic E-state index is 0.553. The van der Waals surface area contributed by atoms with E-state index in [1.807, 2.05) is 54.6 Å². The molecule has 5 nitrogen and oxygen atoms in total. The Labute approximate surface area is 357 Å². The van der Waals surface area contributed by atoms with E-state index in [0.29, 0.717) is 23.2 Å². The Morgan fingerprint density at radius 3 is 1.92 bits per heavy atom. The van der Waals surface area contributed by atoms with Crippen molar-refractivity contribution >= 4 is 87.1 Å². The van der Waals surface area contributed by atoms with Crippen LogP contribution in [0.3, 0.4) is 0 Å². The first-order chi connectivity index (χ1) is 30.6. The second-order valence-electron chi connectivity index (χ2n) is 15.8. The smallest absolute Gasteiger partial charge is 0.228 e. The Balaban J connectivity index is 0.985. The van der Waals surface area contributed by atoms with E-state index >= 15 is 0 Å². The number of fused-ring (bicyclic) bond motifs is 6. The summed E-state index contributed by atoms with van der Waals surface area (Å²) in [6.07, 6.45) is 6.02. The molecule has 0 N–H and O–H groups in total. The first kappa shape index (κ1) is 35.6. The van der Waals surface area contributed by atoms with Gasteiger partial charge in [0.2, 0.25) is 5.71 Å². The summed E-state index contributed by atoms with van der Waals surface area (Å²) in [4.78, 5) is 20.6. The van der Waals surface area contributed by atoms with Gasteiger partial charge >= 0.3 is 0 Å². The Hall–Kier alpha value is -8.28. The standard InChI is InChI=1S/C57H36N4O/c1-3-35(54-59-55(39-14-5-4-6-15-39)61-56(60-54)47-31-29-38-27-26-36-16-13-17-37-28-30-44(47)51(38)50(36)37)25-24-34(2)40-32-33-46(42-19-8-7-18-41(40)42)53-45-21-10-9-20-43(45)52-48-22-11-12-23-49(48)62-57(52)58-53/h3-33H,1H2,2H3/b34-24+,35-25+. The molecule has 3 heterocycles. The van der Waals surface area contributed by atoms with Crippen LogP contribution in [0.4, 0.5) is 0 Å². The Kier molecular flexibility index (Phi) is 8.15. The minimum atomic E-state index is 0.553. The largest absolute Gasteiger partial charge is 0.438 e. The van der Waals surface area contributed by atoms with E-state index in [1.54, 1.807) is 0 Å². The highest BCUT2D eigenvalue weighted by molar-refractivity contribution is 6.25. The number of benzene rings is 9. The van der Waals surface area contributed by atoms with E-state index in [-0.39, 0.29) is 0 Å². The van der Waals surface area contributed by atoms with Crippen LogP contribution in [-0.4, -0.2) is 19.9 Å². The maximum absolute atomic E-state index is 6.36. The first-order valence-electron chi connectivity index (χ1n) is 20.8. The number of aromatic nitrogens is 4. The van der Waals surface area contributed by atoms with Gasteiger partial charge in [-0.1, -0.05) is 183 Å². The molecular formula is C57H36N4O. The molecule has 5 heteroatoms. The number of pyridine rings is 1. The summed E-state index contributed by atoms with van der Waals surface area (Å²) in [7, 11) is 0. The molecule has 0 amide bonds. The van der Waals surface area contributed by atoms with Gasteiger partial charge in [-0.2, -0.15) is 0 Å². The summed E-state index contributed by atoms with van der Waals surface area (Å²) in [6, 6.07) is 59.3. The summed E-state index contributed by atoms with van der Waals surface area (Å²) in [5.41, 5.74) is 8.29. The molecule has 0 saturated heterocycles. The Morgan fingerprint density at radius 2 is 1.11 bits per heavy atom. The molecule has 0 unspecified atom stereocenters. The lowest BCUT2D eigenvalue weighted by Crippen LogP contribution is -2.02. The normalized spacial score (nSPS) is 12.5. The van der Waals surface area contributed by atoms with Crippen molar-refractivity contribution in [3.05, 3.63) is 206 Å². The summed E-state index contributed by atoms with van der Waals surface area (Å²) in [6.45, 7) is 6.39. The van der Waals surface area contributed by atoms with Crippen LogP contribution >= 0.6 is 0 Å². The second kappa shape index (κ2) is 14.2. The zero-order valence-electron chi connectivity index (χ0n) is 33.8. The van der Waals surface area contributed by atoms with Crippen molar-refractivity contribution in [3.8, 4) is 34.0 Å². The van der Waals surface area contributed by atoms with E-state index in [9.17, 15) is 0 Å². The van der Waals surface area contributed by atoms with Crippen molar-refractivity contribution in [2.24, 2.45) is 0 Å². The molecular weight excluding hydrogens is 757 g/mol. The first-order valence-corrected chi connectivity index (χ1v) is 20.8. The van der Waals surface area contributed by atoms with Gasteiger partial charge < -0.3 is 4.42 Å². The Bertz CT molecular complexity index is 3820. The Morgan fingerprint density at radius 1 is 0.468 bits per heavy atom. The summed E-state index contributed by atoms with van der Waals surface area (Å²) in [5.74, 6) is 1.77. The SMILES string of the molecule is C=C/C(=C\C=C(/C)c1ccc(-c2nc3oc4ccccc4c3c3ccccc23)c2ccccc12)c1nc(-c2ccccc2)nc(-c2ccc3ccc4cccc5ccc2c3c45)n1. The van der Waals surface area contributed by atoms with E-state index in [2.05, 4.69) is 147 Å². The van der Waals surface area contributed by atoms with E-state index in [4.69, 9.17) is 24.4 Å². The van der Waals surface area contributed by atoms with Crippen LogP contribution in [0.15, 0.2) is 199 Å². The molecule has 290 valence electrons. The monoisotopic (exact) mass is 792 g/mol. The van der Waals surface area contributed by atoms with Crippen LogP contribution < -0.4 is 0 Å². The lowest BCUT2D eigenvalue weighted by atomic mass is 9.92. The average molecular weight is 793 g/mol. The van der Waals surface area contributed by atoms with Crippen LogP contribution in [0, 0.1) is 0 Å². The third kappa shape index (κ3) is 5.63. The second-order valence-corrected chi connectivity index (χ2v) is 15.8. The van der Waals surface area contributed by atoms with Gasteiger partial charge in [-0.3, -0.25) is 0 Å². The van der Waals surface area contributed by atoms with E-state index < -0.39 is 0 Å². The van der Waals surface area contributed by atoms with Crippen LogP contribution in [-0.2, 0) is 0 Å². The quantitative estimate of drug-likeness (QED) is 0.119. The maximum atomic E-state index is 6.36. The van der Waals surface area contributed by atoms with Crippen LogP contribution in [0.1, 0.15) is 18.3 Å². The number of para-hydroxylation sites is 1. The van der Waals surface area contributed by atoms with Gasteiger partial charge in [0.05, 0.1) is 11.1 Å². The minimum Gasteiger partial charge on any atom is -0.438 e. The van der Waals surface area contributed by atoms with Crippen molar-refractivity contribution in [2.75, 3.05) is 0 Å². The number of rotatable bonds is 7. The molecule has 9 aromatic carbocycles. The number of nitrogens with zero attached hydrogens (tertiary/aromatic N) is 4. The summed E-state index contributed by atoms with van der Waals surface area (Å²) in [5, 5.41) is 13.8. The fourth-order valence-corrected chi connectivity index (χ4v) is 9.31. The molecule has 3 aromatic heterocycles. The lowest BCUT2D eigenvalue weighted by molar-refractivity contribution is 0.655. The molecule has 0 aliphatic carbocycles. The van der Waals surface area contributed by atoms with Gasteiger partial charge in [0.1, 0.15) is 5.58 Å². The van der Waals surface area contributed by atoms with Gasteiger partial charge in [0.25, 0.3) is 0 Å². The van der Waals surface area contributed by atoms with Gasteiger partial charge in [0, 0.05) is 33.0 Å².